The molecule has 1 fully saturated rings. The number of fused-ring (bicyclic) bond motifs is 1. The zero-order valence-electron chi connectivity index (χ0n) is 13.2. The molecule has 1 N–H and O–H groups in total. The zero-order valence-corrected chi connectivity index (χ0v) is 13.2. The van der Waals surface area contributed by atoms with Gasteiger partial charge >= 0.3 is 0 Å². The van der Waals surface area contributed by atoms with Crippen molar-refractivity contribution in [3.05, 3.63) is 48.0 Å². The number of hydrogen-bond donors (Lipinski definition) is 1. The maximum atomic E-state index is 12.4. The maximum Gasteiger partial charge on any atom is 0.224 e. The summed E-state index contributed by atoms with van der Waals surface area (Å²) in [5.41, 5.74) is 1.13. The van der Waals surface area contributed by atoms with Gasteiger partial charge in [-0.05, 0) is 29.2 Å². The first kappa shape index (κ1) is 15.1. The van der Waals surface area contributed by atoms with Gasteiger partial charge in [0.25, 0.3) is 0 Å². The van der Waals surface area contributed by atoms with Gasteiger partial charge in [0.15, 0.2) is 0 Å². The van der Waals surface area contributed by atoms with Crippen LogP contribution in [-0.2, 0) is 11.2 Å². The van der Waals surface area contributed by atoms with Crippen LogP contribution in [-0.4, -0.2) is 11.9 Å². The van der Waals surface area contributed by atoms with Crippen molar-refractivity contribution in [1.29, 1.82) is 0 Å². The number of hydrogen-bond acceptors (Lipinski definition) is 1. The quantitative estimate of drug-likeness (QED) is 0.880. The summed E-state index contributed by atoms with van der Waals surface area (Å²) >= 11 is 0. The smallest absolute Gasteiger partial charge is 0.224 e. The summed E-state index contributed by atoms with van der Waals surface area (Å²) in [4.78, 5) is 12.4. The van der Waals surface area contributed by atoms with Crippen LogP contribution in [0.5, 0.6) is 0 Å². The molecule has 1 amide bonds. The largest absolute Gasteiger partial charge is 0.353 e. The van der Waals surface area contributed by atoms with E-state index in [-0.39, 0.29) is 5.91 Å². The second-order valence-corrected chi connectivity index (χ2v) is 6.42. The number of benzene rings is 2. The molecule has 1 aliphatic rings. The predicted molar refractivity (Wildman–Crippen MR) is 91.9 cm³/mol. The first-order chi connectivity index (χ1) is 10.8. The molecule has 3 rings (SSSR count). The fraction of sp³-hybridized carbons (Fsp3) is 0.450. The van der Waals surface area contributed by atoms with Crippen LogP contribution in [0.2, 0.25) is 0 Å². The Morgan fingerprint density at radius 1 is 0.909 bits per heavy atom. The number of carbonyl (C=O) groups excluding carboxylic acids is 1. The monoisotopic (exact) mass is 295 g/mol. The molecule has 22 heavy (non-hydrogen) atoms. The van der Waals surface area contributed by atoms with E-state index in [0.29, 0.717) is 12.5 Å². The Morgan fingerprint density at radius 3 is 2.41 bits per heavy atom. The van der Waals surface area contributed by atoms with Gasteiger partial charge < -0.3 is 5.32 Å². The molecule has 116 valence electrons. The molecule has 2 nitrogen and oxygen atoms in total. The van der Waals surface area contributed by atoms with Gasteiger partial charge in [-0.15, -0.1) is 0 Å². The SMILES string of the molecule is O=C(Cc1cccc2ccccc12)NC1CCCCCCC1. The highest BCUT2D eigenvalue weighted by molar-refractivity contribution is 5.90. The van der Waals surface area contributed by atoms with Crippen LogP contribution in [0.3, 0.4) is 0 Å². The number of rotatable bonds is 3. The summed E-state index contributed by atoms with van der Waals surface area (Å²) in [5, 5.41) is 5.66. The van der Waals surface area contributed by atoms with Crippen LogP contribution in [0.4, 0.5) is 0 Å². The van der Waals surface area contributed by atoms with Crippen LogP contribution in [0.1, 0.15) is 50.5 Å². The van der Waals surface area contributed by atoms with E-state index in [1.807, 2.05) is 18.2 Å². The van der Waals surface area contributed by atoms with Gasteiger partial charge in [-0.1, -0.05) is 74.6 Å². The summed E-state index contributed by atoms with van der Waals surface area (Å²) in [6.45, 7) is 0. The van der Waals surface area contributed by atoms with E-state index in [1.165, 1.54) is 42.9 Å². The molecule has 0 heterocycles. The third kappa shape index (κ3) is 3.88. The van der Waals surface area contributed by atoms with Crippen molar-refractivity contribution in [3.8, 4) is 0 Å². The van der Waals surface area contributed by atoms with Crippen molar-refractivity contribution in [2.75, 3.05) is 0 Å². The fourth-order valence-electron chi connectivity index (χ4n) is 3.50. The molecule has 0 bridgehead atoms. The van der Waals surface area contributed by atoms with Crippen LogP contribution < -0.4 is 5.32 Å². The molecule has 2 heteroatoms. The van der Waals surface area contributed by atoms with Crippen molar-refractivity contribution in [3.63, 3.8) is 0 Å². The molecular weight excluding hydrogens is 270 g/mol. The van der Waals surface area contributed by atoms with Crippen molar-refractivity contribution in [2.24, 2.45) is 0 Å². The van der Waals surface area contributed by atoms with Crippen molar-refractivity contribution >= 4 is 16.7 Å². The minimum atomic E-state index is 0.168. The third-order valence-corrected chi connectivity index (χ3v) is 4.70. The lowest BCUT2D eigenvalue weighted by atomic mass is 9.96. The molecule has 0 atom stereocenters. The lowest BCUT2D eigenvalue weighted by Gasteiger charge is -2.21. The Bertz CT molecular complexity index is 621. The molecule has 0 unspecified atom stereocenters. The van der Waals surface area contributed by atoms with E-state index < -0.39 is 0 Å². The molecule has 2 aromatic carbocycles. The number of nitrogens with one attached hydrogen (secondary N) is 1. The van der Waals surface area contributed by atoms with E-state index in [4.69, 9.17) is 0 Å². The minimum absolute atomic E-state index is 0.168. The van der Waals surface area contributed by atoms with Crippen LogP contribution in [0, 0.1) is 0 Å². The van der Waals surface area contributed by atoms with Crippen LogP contribution >= 0.6 is 0 Å². The summed E-state index contributed by atoms with van der Waals surface area (Å²) in [5.74, 6) is 0.168. The van der Waals surface area contributed by atoms with Gasteiger partial charge in [-0.3, -0.25) is 4.79 Å². The zero-order chi connectivity index (χ0) is 15.2. The third-order valence-electron chi connectivity index (χ3n) is 4.70. The first-order valence-corrected chi connectivity index (χ1v) is 8.59. The molecule has 0 spiro atoms. The first-order valence-electron chi connectivity index (χ1n) is 8.59. The molecule has 0 saturated heterocycles. The number of amides is 1. The molecule has 1 aliphatic carbocycles. The minimum Gasteiger partial charge on any atom is -0.353 e. The molecule has 0 aromatic heterocycles. The Labute approximate surface area is 132 Å². The van der Waals surface area contributed by atoms with E-state index in [2.05, 4.69) is 29.6 Å². The van der Waals surface area contributed by atoms with Gasteiger partial charge in [-0.25, -0.2) is 0 Å². The van der Waals surface area contributed by atoms with Crippen molar-refractivity contribution in [2.45, 2.75) is 57.4 Å². The fourth-order valence-corrected chi connectivity index (χ4v) is 3.50. The Balaban J connectivity index is 1.65. The molecule has 0 radical (unpaired) electrons. The Morgan fingerprint density at radius 2 is 1.59 bits per heavy atom. The van der Waals surface area contributed by atoms with Gasteiger partial charge in [0.05, 0.1) is 6.42 Å². The lowest BCUT2D eigenvalue weighted by Crippen LogP contribution is -2.36. The van der Waals surface area contributed by atoms with Gasteiger partial charge in [-0.2, -0.15) is 0 Å². The number of carbonyl (C=O) groups is 1. The average Bonchev–Trinajstić information content (AvgIpc) is 2.50. The highest BCUT2D eigenvalue weighted by atomic mass is 16.1. The molecule has 1 saturated carbocycles. The average molecular weight is 295 g/mol. The lowest BCUT2D eigenvalue weighted by molar-refractivity contribution is -0.121. The van der Waals surface area contributed by atoms with Crippen LogP contribution in [0.15, 0.2) is 42.5 Å². The summed E-state index contributed by atoms with van der Waals surface area (Å²) < 4.78 is 0. The van der Waals surface area contributed by atoms with E-state index >= 15 is 0 Å². The van der Waals surface area contributed by atoms with E-state index in [0.717, 1.165) is 18.4 Å². The highest BCUT2D eigenvalue weighted by Crippen LogP contribution is 2.20. The topological polar surface area (TPSA) is 29.1 Å². The van der Waals surface area contributed by atoms with Gasteiger partial charge in [0.2, 0.25) is 5.91 Å². The molecular formula is C20H25NO. The Kier molecular flexibility index (Phi) is 5.10. The maximum absolute atomic E-state index is 12.4. The summed E-state index contributed by atoms with van der Waals surface area (Å²) in [6.07, 6.45) is 9.25. The van der Waals surface area contributed by atoms with Crippen LogP contribution in [0.25, 0.3) is 10.8 Å². The standard InChI is InChI=1S/C20H25NO/c22-20(21-18-12-4-2-1-3-5-13-18)15-17-11-8-10-16-9-6-7-14-19(16)17/h6-11,14,18H,1-5,12-13,15H2,(H,21,22). The second kappa shape index (κ2) is 7.44. The van der Waals surface area contributed by atoms with E-state index in [1.54, 1.807) is 0 Å². The normalized spacial score (nSPS) is 16.9. The molecule has 2 aromatic rings. The van der Waals surface area contributed by atoms with Gasteiger partial charge in [0, 0.05) is 6.04 Å². The summed E-state index contributed by atoms with van der Waals surface area (Å²) in [7, 11) is 0. The Hall–Kier alpha value is -1.83. The van der Waals surface area contributed by atoms with Gasteiger partial charge in [0.1, 0.15) is 0 Å². The molecule has 0 aliphatic heterocycles. The van der Waals surface area contributed by atoms with Crippen molar-refractivity contribution < 1.29 is 4.79 Å². The predicted octanol–water partition coefficient (Wildman–Crippen LogP) is 4.61. The van der Waals surface area contributed by atoms with Crippen molar-refractivity contribution in [1.82, 2.24) is 5.32 Å². The summed E-state index contributed by atoms with van der Waals surface area (Å²) in [6, 6.07) is 14.9. The van der Waals surface area contributed by atoms with E-state index in [9.17, 15) is 4.79 Å². The highest BCUT2D eigenvalue weighted by Gasteiger charge is 2.14. The second-order valence-electron chi connectivity index (χ2n) is 6.42.